The molecule has 0 radical (unpaired) electrons. The van der Waals surface area contributed by atoms with Gasteiger partial charge in [-0.15, -0.1) is 0 Å². The number of allylic oxidation sites excluding steroid dienone is 3. The highest BCUT2D eigenvalue weighted by Crippen LogP contribution is 2.65. The van der Waals surface area contributed by atoms with Crippen molar-refractivity contribution in [3.05, 3.63) is 23.8 Å². The van der Waals surface area contributed by atoms with E-state index in [0.717, 1.165) is 25.7 Å². The van der Waals surface area contributed by atoms with Crippen molar-refractivity contribution in [3.8, 4) is 0 Å². The molecule has 0 bridgehead atoms. The van der Waals surface area contributed by atoms with Crippen molar-refractivity contribution in [3.63, 3.8) is 0 Å². The maximum absolute atomic E-state index is 10.5. The van der Waals surface area contributed by atoms with E-state index >= 15 is 0 Å². The van der Waals surface area contributed by atoms with Crippen LogP contribution in [-0.2, 0) is 9.47 Å². The van der Waals surface area contributed by atoms with E-state index < -0.39 is 37.3 Å². The smallest absolute Gasteiger partial charge is 0.186 e. The summed E-state index contributed by atoms with van der Waals surface area (Å²) in [5.41, 5.74) is 1.99. The average molecular weight is 574 g/mol. The Hall–Kier alpha value is -0.800. The summed E-state index contributed by atoms with van der Waals surface area (Å²) >= 11 is 0. The lowest BCUT2D eigenvalue weighted by atomic mass is 9.46. The Balaban J connectivity index is 1.14. The van der Waals surface area contributed by atoms with E-state index in [1.165, 1.54) is 50.6 Å². The van der Waals surface area contributed by atoms with Crippen LogP contribution in [0.3, 0.4) is 0 Å². The Bertz CT molecular complexity index is 1000. The normalized spacial score (nSPS) is 51.2. The fraction of sp³-hybridized carbons (Fsp3) is 0.882. The molecule has 2 heterocycles. The molecular weight excluding hydrogens is 518 g/mol. The van der Waals surface area contributed by atoms with Crippen LogP contribution in [0.1, 0.15) is 85.0 Å². The zero-order chi connectivity index (χ0) is 29.1. The zero-order valence-corrected chi connectivity index (χ0v) is 25.7. The van der Waals surface area contributed by atoms with E-state index in [1.54, 1.807) is 0 Å². The molecule has 0 aromatic carbocycles. The highest BCUT2D eigenvalue weighted by molar-refractivity contribution is 5.28. The Labute approximate surface area is 247 Å². The van der Waals surface area contributed by atoms with Gasteiger partial charge in [0.25, 0.3) is 0 Å². The first-order valence-electron chi connectivity index (χ1n) is 16.6. The van der Waals surface area contributed by atoms with Crippen LogP contribution in [0.15, 0.2) is 23.8 Å². The van der Waals surface area contributed by atoms with E-state index in [1.807, 2.05) is 0 Å². The van der Waals surface area contributed by atoms with Crippen LogP contribution in [0.5, 0.6) is 0 Å². The van der Waals surface area contributed by atoms with Crippen molar-refractivity contribution in [2.45, 2.75) is 128 Å². The number of rotatable bonds is 5. The fourth-order valence-electron chi connectivity index (χ4n) is 10.6. The van der Waals surface area contributed by atoms with E-state index in [-0.39, 0.29) is 11.5 Å². The summed E-state index contributed by atoms with van der Waals surface area (Å²) in [5.74, 6) is 3.34. The Kier molecular flexibility index (Phi) is 8.56. The first-order chi connectivity index (χ1) is 19.6. The van der Waals surface area contributed by atoms with Gasteiger partial charge in [-0.2, -0.15) is 0 Å². The van der Waals surface area contributed by atoms with Crippen LogP contribution in [0.25, 0.3) is 0 Å². The van der Waals surface area contributed by atoms with Gasteiger partial charge in [0.2, 0.25) is 0 Å². The molecule has 41 heavy (non-hydrogen) atoms. The Morgan fingerprint density at radius 1 is 1.02 bits per heavy atom. The molecule has 4 N–H and O–H groups in total. The molecule has 7 nitrogen and oxygen atoms in total. The molecule has 6 aliphatic rings. The lowest BCUT2D eigenvalue weighted by Crippen LogP contribution is -2.60. The van der Waals surface area contributed by atoms with Gasteiger partial charge in [0.05, 0.1) is 12.7 Å². The molecule has 14 atom stereocenters. The second-order valence-corrected chi connectivity index (χ2v) is 15.1. The lowest BCUT2D eigenvalue weighted by Gasteiger charge is -2.59. The number of likely N-dealkylation sites (tertiary alicyclic amines) is 1. The van der Waals surface area contributed by atoms with Crippen LogP contribution >= 0.6 is 0 Å². The number of ether oxygens (including phenoxy) is 2. The number of aliphatic hydroxyl groups is 4. The molecule has 2 unspecified atom stereocenters. The number of nitrogens with zero attached hydrogens (tertiary/aromatic N) is 1. The van der Waals surface area contributed by atoms with Crippen LogP contribution in [0.2, 0.25) is 0 Å². The predicted octanol–water partition coefficient (Wildman–Crippen LogP) is 4.04. The first-order valence-corrected chi connectivity index (χ1v) is 16.6. The fourth-order valence-corrected chi connectivity index (χ4v) is 10.6. The molecule has 0 spiro atoms. The van der Waals surface area contributed by atoms with Gasteiger partial charge < -0.3 is 34.8 Å². The summed E-state index contributed by atoms with van der Waals surface area (Å²) in [5, 5.41) is 40.4. The van der Waals surface area contributed by atoms with Gasteiger partial charge in [0, 0.05) is 6.04 Å². The summed E-state index contributed by atoms with van der Waals surface area (Å²) in [4.78, 5) is 2.66. The second kappa shape index (κ2) is 11.6. The minimum absolute atomic E-state index is 0.116. The zero-order valence-electron chi connectivity index (χ0n) is 25.7. The van der Waals surface area contributed by atoms with Crippen molar-refractivity contribution in [1.29, 1.82) is 0 Å². The van der Waals surface area contributed by atoms with E-state index in [9.17, 15) is 20.4 Å². The average Bonchev–Trinajstić information content (AvgIpc) is 3.17. The van der Waals surface area contributed by atoms with Gasteiger partial charge in [-0.1, -0.05) is 57.4 Å². The van der Waals surface area contributed by atoms with E-state index in [2.05, 4.69) is 50.9 Å². The third-order valence-corrected chi connectivity index (χ3v) is 13.1. The van der Waals surface area contributed by atoms with Crippen LogP contribution in [0, 0.1) is 40.4 Å². The summed E-state index contributed by atoms with van der Waals surface area (Å²) in [6, 6.07) is 0.690. The van der Waals surface area contributed by atoms with Gasteiger partial charge in [-0.25, -0.2) is 0 Å². The molecule has 0 aromatic heterocycles. The molecule has 2 aliphatic heterocycles. The number of hydrogen-bond donors (Lipinski definition) is 4. The Morgan fingerprint density at radius 3 is 2.61 bits per heavy atom. The number of aliphatic hydroxyl groups excluding tert-OH is 4. The van der Waals surface area contributed by atoms with Crippen LogP contribution < -0.4 is 0 Å². The highest BCUT2D eigenvalue weighted by atomic mass is 16.7. The second-order valence-electron chi connectivity index (χ2n) is 15.1. The van der Waals surface area contributed by atoms with Crippen molar-refractivity contribution in [2.24, 2.45) is 40.4 Å². The number of hydrogen-bond acceptors (Lipinski definition) is 7. The number of fused-ring (bicyclic) bond motifs is 5. The van der Waals surface area contributed by atoms with E-state index in [0.29, 0.717) is 41.0 Å². The largest absolute Gasteiger partial charge is 0.394 e. The summed E-state index contributed by atoms with van der Waals surface area (Å²) in [6.07, 6.45) is 13.4. The minimum Gasteiger partial charge on any atom is -0.394 e. The molecular formula is C34H55NO6. The third-order valence-electron chi connectivity index (χ3n) is 13.1. The van der Waals surface area contributed by atoms with Crippen LogP contribution in [-0.4, -0.2) is 88.4 Å². The van der Waals surface area contributed by atoms with Gasteiger partial charge in [0.1, 0.15) is 24.4 Å². The summed E-state index contributed by atoms with van der Waals surface area (Å²) in [6.45, 7) is 8.44. The first kappa shape index (κ1) is 30.2. The highest BCUT2D eigenvalue weighted by Gasteiger charge is 2.58. The van der Waals surface area contributed by atoms with Crippen molar-refractivity contribution < 1.29 is 29.9 Å². The molecule has 232 valence electrons. The Morgan fingerprint density at radius 2 is 1.83 bits per heavy atom. The van der Waals surface area contributed by atoms with Gasteiger partial charge >= 0.3 is 0 Å². The SMILES string of the molecule is CC(C1CCCCCN1C)[C@H]1C=C[C@H]2[C@@H]3CC=C4C[C@@H](O[C@@H]5O[C@H](CO)[C@@H](O)[C@H](O)[C@H]5O)CC[C@]4(C)[C@H]3CC[C@]12C. The summed E-state index contributed by atoms with van der Waals surface area (Å²) in [7, 11) is 2.35. The monoisotopic (exact) mass is 573 g/mol. The molecule has 0 aromatic rings. The molecule has 7 heteroatoms. The quantitative estimate of drug-likeness (QED) is 0.368. The van der Waals surface area contributed by atoms with Gasteiger partial charge in [0.15, 0.2) is 6.29 Å². The lowest BCUT2D eigenvalue weighted by molar-refractivity contribution is -0.313. The van der Waals surface area contributed by atoms with Crippen molar-refractivity contribution in [2.75, 3.05) is 20.2 Å². The minimum atomic E-state index is -1.40. The van der Waals surface area contributed by atoms with Crippen molar-refractivity contribution >= 4 is 0 Å². The topological polar surface area (TPSA) is 103 Å². The van der Waals surface area contributed by atoms with Crippen molar-refractivity contribution in [1.82, 2.24) is 4.90 Å². The predicted molar refractivity (Wildman–Crippen MR) is 158 cm³/mol. The summed E-state index contributed by atoms with van der Waals surface area (Å²) < 4.78 is 11.9. The molecule has 2 saturated heterocycles. The standard InChI is InChI=1S/C34H55NO6/c1-20(27-8-6-5-7-17-35(27)4)24-11-12-25-23-10-9-21-18-22(13-15-33(21,2)26(23)14-16-34(24,25)3)40-32-31(39)30(38)29(37)28(19-36)41-32/h9,11-12,20,22-32,36-39H,5-8,10,13-19H2,1-4H3/t20?,22-,23-,24+,25-,26-,27?,28+,29+,30-,31+,32+,33-,34+/m0/s1. The van der Waals surface area contributed by atoms with Crippen LogP contribution in [0.4, 0.5) is 0 Å². The maximum atomic E-state index is 10.5. The van der Waals surface area contributed by atoms with Gasteiger partial charge in [-0.3, -0.25) is 0 Å². The maximum Gasteiger partial charge on any atom is 0.186 e. The molecule has 6 rings (SSSR count). The van der Waals surface area contributed by atoms with Gasteiger partial charge in [-0.05, 0) is 105 Å². The third kappa shape index (κ3) is 5.09. The van der Waals surface area contributed by atoms with E-state index in [4.69, 9.17) is 9.47 Å². The molecule has 0 amide bonds. The molecule has 2 saturated carbocycles. The molecule has 4 aliphatic carbocycles. The molecule has 4 fully saturated rings.